The number of carbonyl (C=O) groups excluding carboxylic acids is 2. The zero-order chi connectivity index (χ0) is 20.2. The van der Waals surface area contributed by atoms with E-state index in [0.717, 1.165) is 11.3 Å². The second kappa shape index (κ2) is 12.0. The van der Waals surface area contributed by atoms with Gasteiger partial charge in [0.25, 0.3) is 5.91 Å². The lowest BCUT2D eigenvalue weighted by Crippen LogP contribution is -2.42. The smallest absolute Gasteiger partial charge is 0.269 e. The molecule has 2 rings (SSSR count). The number of benzene rings is 2. The number of hydrogen-bond acceptors (Lipinski definition) is 6. The highest BCUT2D eigenvalue weighted by atomic mass is 32.2. The van der Waals surface area contributed by atoms with Crippen LogP contribution in [0.4, 0.5) is 0 Å². The first-order chi connectivity index (χ1) is 13.6. The molecule has 7 nitrogen and oxygen atoms in total. The van der Waals surface area contributed by atoms with Gasteiger partial charge >= 0.3 is 0 Å². The summed E-state index contributed by atoms with van der Waals surface area (Å²) in [6.07, 6.45) is -0.486. The lowest BCUT2D eigenvalue weighted by molar-refractivity contribution is -0.119. The summed E-state index contributed by atoms with van der Waals surface area (Å²) in [5, 5.41) is 0. The number of carbonyl (C=O) groups is 2. The van der Waals surface area contributed by atoms with E-state index < -0.39 is 12.2 Å². The van der Waals surface area contributed by atoms with Crippen LogP contribution in [-0.2, 0) is 14.3 Å². The van der Waals surface area contributed by atoms with Crippen molar-refractivity contribution in [2.24, 2.45) is 0 Å². The van der Waals surface area contributed by atoms with E-state index in [4.69, 9.17) is 14.2 Å². The summed E-state index contributed by atoms with van der Waals surface area (Å²) in [6.45, 7) is 0.505. The third-order valence-electron chi connectivity index (χ3n) is 3.66. The van der Waals surface area contributed by atoms with E-state index in [1.165, 1.54) is 26.0 Å². The van der Waals surface area contributed by atoms with Crippen LogP contribution >= 0.6 is 11.8 Å². The van der Waals surface area contributed by atoms with Crippen LogP contribution in [0.25, 0.3) is 0 Å². The molecule has 2 aromatic carbocycles. The van der Waals surface area contributed by atoms with Crippen LogP contribution in [0, 0.1) is 0 Å². The zero-order valence-corrected chi connectivity index (χ0v) is 16.7. The largest absolute Gasteiger partial charge is 0.493 e. The summed E-state index contributed by atoms with van der Waals surface area (Å²) in [7, 11) is 3.08. The van der Waals surface area contributed by atoms with Crippen molar-refractivity contribution in [3.63, 3.8) is 0 Å². The lowest BCUT2D eigenvalue weighted by atomic mass is 10.1. The number of amides is 2. The van der Waals surface area contributed by atoms with E-state index in [0.29, 0.717) is 17.9 Å². The van der Waals surface area contributed by atoms with E-state index >= 15 is 0 Å². The average molecular weight is 404 g/mol. The highest BCUT2D eigenvalue weighted by molar-refractivity contribution is 7.99. The maximum atomic E-state index is 12.1. The van der Waals surface area contributed by atoms with E-state index in [2.05, 4.69) is 10.9 Å². The summed E-state index contributed by atoms with van der Waals surface area (Å²) >= 11 is 1.42. The predicted octanol–water partition coefficient (Wildman–Crippen LogP) is 2.55. The first-order valence-electron chi connectivity index (χ1n) is 8.64. The van der Waals surface area contributed by atoms with Crippen molar-refractivity contribution in [2.75, 3.05) is 32.3 Å². The molecule has 0 aliphatic carbocycles. The molecule has 28 heavy (non-hydrogen) atoms. The van der Waals surface area contributed by atoms with Crippen molar-refractivity contribution < 1.29 is 23.8 Å². The Hall–Kier alpha value is -2.55. The summed E-state index contributed by atoms with van der Waals surface area (Å²) < 4.78 is 15.9. The Balaban J connectivity index is 1.64. The van der Waals surface area contributed by atoms with E-state index in [9.17, 15) is 9.59 Å². The van der Waals surface area contributed by atoms with Crippen LogP contribution in [0.5, 0.6) is 5.75 Å². The molecule has 2 aromatic rings. The molecule has 0 heterocycles. The third kappa shape index (κ3) is 7.22. The SMILES string of the molecule is COC(OC)c1ccc(C(=O)NNC(=O)CSCCOc2ccccc2)cc1. The second-order valence-electron chi connectivity index (χ2n) is 5.64. The van der Waals surface area contributed by atoms with Crippen LogP contribution in [0.2, 0.25) is 0 Å². The molecule has 0 atom stereocenters. The van der Waals surface area contributed by atoms with Gasteiger partial charge in [0.2, 0.25) is 5.91 Å². The summed E-state index contributed by atoms with van der Waals surface area (Å²) in [5.41, 5.74) is 6.00. The van der Waals surface area contributed by atoms with Crippen LogP contribution in [0.15, 0.2) is 54.6 Å². The van der Waals surface area contributed by atoms with Gasteiger partial charge in [-0.1, -0.05) is 30.3 Å². The second-order valence-corrected chi connectivity index (χ2v) is 6.75. The molecule has 0 aromatic heterocycles. The molecule has 2 N–H and O–H groups in total. The number of nitrogens with one attached hydrogen (secondary N) is 2. The van der Waals surface area contributed by atoms with Crippen molar-refractivity contribution in [3.8, 4) is 5.75 Å². The monoisotopic (exact) mass is 404 g/mol. The van der Waals surface area contributed by atoms with E-state index in [1.807, 2.05) is 30.3 Å². The fraction of sp³-hybridized carbons (Fsp3) is 0.300. The zero-order valence-electron chi connectivity index (χ0n) is 15.8. The Labute approximate surface area is 168 Å². The lowest BCUT2D eigenvalue weighted by Gasteiger charge is -2.14. The molecule has 8 heteroatoms. The number of para-hydroxylation sites is 1. The summed E-state index contributed by atoms with van der Waals surface area (Å²) in [6, 6.07) is 16.2. The number of methoxy groups -OCH3 is 2. The molecule has 0 saturated heterocycles. The number of rotatable bonds is 10. The highest BCUT2D eigenvalue weighted by Gasteiger charge is 2.11. The Morgan fingerprint density at radius 1 is 0.964 bits per heavy atom. The fourth-order valence-corrected chi connectivity index (χ4v) is 2.90. The number of ether oxygens (including phenoxy) is 3. The predicted molar refractivity (Wildman–Crippen MR) is 108 cm³/mol. The minimum absolute atomic E-state index is 0.223. The van der Waals surface area contributed by atoms with Crippen LogP contribution in [-0.4, -0.2) is 44.1 Å². The van der Waals surface area contributed by atoms with Crippen molar-refractivity contribution in [1.29, 1.82) is 0 Å². The molecule has 0 radical (unpaired) electrons. The van der Waals surface area contributed by atoms with Crippen molar-refractivity contribution in [3.05, 3.63) is 65.7 Å². The molecule has 0 spiro atoms. The molecule has 0 aliphatic rings. The van der Waals surface area contributed by atoms with Gasteiger partial charge in [0.1, 0.15) is 5.75 Å². The Bertz CT molecular complexity index is 736. The highest BCUT2D eigenvalue weighted by Crippen LogP contribution is 2.17. The van der Waals surface area contributed by atoms with Gasteiger partial charge in [-0.25, -0.2) is 0 Å². The average Bonchev–Trinajstić information content (AvgIpc) is 2.74. The number of hydrogen-bond donors (Lipinski definition) is 2. The van der Waals surface area contributed by atoms with Crippen molar-refractivity contribution in [2.45, 2.75) is 6.29 Å². The normalized spacial score (nSPS) is 10.5. The summed E-state index contributed by atoms with van der Waals surface area (Å²) in [4.78, 5) is 23.9. The van der Waals surface area contributed by atoms with Gasteiger partial charge in [0.15, 0.2) is 6.29 Å². The van der Waals surface area contributed by atoms with Crippen LogP contribution in [0.1, 0.15) is 22.2 Å². The van der Waals surface area contributed by atoms with E-state index in [1.54, 1.807) is 24.3 Å². The van der Waals surface area contributed by atoms with Crippen molar-refractivity contribution >= 4 is 23.6 Å². The Kier molecular flexibility index (Phi) is 9.33. The van der Waals surface area contributed by atoms with Gasteiger partial charge in [0.05, 0.1) is 12.4 Å². The maximum absolute atomic E-state index is 12.1. The molecular formula is C20H24N2O5S. The standard InChI is InChI=1S/C20H24N2O5S/c1-25-20(26-2)16-10-8-15(9-11-16)19(24)22-21-18(23)14-28-13-12-27-17-6-4-3-5-7-17/h3-11,20H,12-14H2,1-2H3,(H,21,23)(H,22,24). The van der Waals surface area contributed by atoms with Gasteiger partial charge in [-0.3, -0.25) is 20.4 Å². The van der Waals surface area contributed by atoms with Gasteiger partial charge in [-0.05, 0) is 24.3 Å². The minimum Gasteiger partial charge on any atom is -0.493 e. The van der Waals surface area contributed by atoms with Gasteiger partial charge < -0.3 is 14.2 Å². The van der Waals surface area contributed by atoms with Crippen LogP contribution in [0.3, 0.4) is 0 Å². The fourth-order valence-electron chi connectivity index (χ4n) is 2.29. The molecule has 0 fully saturated rings. The first kappa shape index (κ1) is 21.7. The van der Waals surface area contributed by atoms with E-state index in [-0.39, 0.29) is 11.7 Å². The molecule has 150 valence electrons. The molecule has 0 aliphatic heterocycles. The topological polar surface area (TPSA) is 85.9 Å². The third-order valence-corrected chi connectivity index (χ3v) is 4.58. The Morgan fingerprint density at radius 2 is 1.64 bits per heavy atom. The Morgan fingerprint density at radius 3 is 2.29 bits per heavy atom. The molecular weight excluding hydrogens is 380 g/mol. The van der Waals surface area contributed by atoms with Crippen LogP contribution < -0.4 is 15.6 Å². The number of hydrazine groups is 1. The minimum atomic E-state index is -0.486. The molecule has 2 amide bonds. The van der Waals surface area contributed by atoms with Crippen molar-refractivity contribution in [1.82, 2.24) is 10.9 Å². The molecule has 0 unspecified atom stereocenters. The quantitative estimate of drug-likeness (QED) is 0.360. The molecule has 0 bridgehead atoms. The first-order valence-corrected chi connectivity index (χ1v) is 9.80. The van der Waals surface area contributed by atoms with Gasteiger partial charge in [-0.2, -0.15) is 0 Å². The van der Waals surface area contributed by atoms with Gasteiger partial charge in [0, 0.05) is 31.1 Å². The van der Waals surface area contributed by atoms with Gasteiger partial charge in [-0.15, -0.1) is 11.8 Å². The summed E-state index contributed by atoms with van der Waals surface area (Å²) in [5.74, 6) is 1.00. The molecule has 0 saturated carbocycles. The number of thioether (sulfide) groups is 1. The maximum Gasteiger partial charge on any atom is 0.269 e.